The molecule has 0 unspecified atom stereocenters. The molecule has 0 bridgehead atoms. The highest BCUT2D eigenvalue weighted by molar-refractivity contribution is 7.92. The number of carbonyl (C=O) groups is 1. The molecule has 0 heterocycles. The van der Waals surface area contributed by atoms with Crippen LogP contribution in [0.25, 0.3) is 0 Å². The Bertz CT molecular complexity index is 292. The van der Waals surface area contributed by atoms with Crippen molar-refractivity contribution in [2.45, 2.75) is 31.1 Å². The SMILES string of the molecule is CCS(=O)(=O)C1CC(OC(N)=O)C1. The molecule has 1 aliphatic rings. The largest absolute Gasteiger partial charge is 0.446 e. The van der Waals surface area contributed by atoms with E-state index in [9.17, 15) is 13.2 Å². The lowest BCUT2D eigenvalue weighted by Crippen LogP contribution is -2.43. The van der Waals surface area contributed by atoms with Crippen molar-refractivity contribution >= 4 is 15.9 Å². The monoisotopic (exact) mass is 207 g/mol. The van der Waals surface area contributed by atoms with Crippen molar-refractivity contribution in [3.63, 3.8) is 0 Å². The van der Waals surface area contributed by atoms with Crippen LogP contribution in [0.5, 0.6) is 0 Å². The molecule has 6 heteroatoms. The van der Waals surface area contributed by atoms with Crippen LogP contribution in [0.1, 0.15) is 19.8 Å². The minimum absolute atomic E-state index is 0.140. The van der Waals surface area contributed by atoms with E-state index in [2.05, 4.69) is 4.74 Å². The van der Waals surface area contributed by atoms with Gasteiger partial charge in [0.2, 0.25) is 0 Å². The highest BCUT2D eigenvalue weighted by Crippen LogP contribution is 2.29. The highest BCUT2D eigenvalue weighted by atomic mass is 32.2. The van der Waals surface area contributed by atoms with Crippen molar-refractivity contribution in [3.05, 3.63) is 0 Å². The predicted octanol–water partition coefficient (Wildman–Crippen LogP) is 0.0474. The van der Waals surface area contributed by atoms with E-state index in [1.54, 1.807) is 6.92 Å². The van der Waals surface area contributed by atoms with Gasteiger partial charge in [0.15, 0.2) is 9.84 Å². The molecule has 13 heavy (non-hydrogen) atoms. The van der Waals surface area contributed by atoms with E-state index in [4.69, 9.17) is 5.73 Å². The van der Waals surface area contributed by atoms with Crippen LogP contribution in [0.3, 0.4) is 0 Å². The third kappa shape index (κ3) is 2.33. The molecular formula is C7H13NO4S. The molecule has 76 valence electrons. The van der Waals surface area contributed by atoms with Gasteiger partial charge < -0.3 is 10.5 Å². The highest BCUT2D eigenvalue weighted by Gasteiger charge is 2.39. The average molecular weight is 207 g/mol. The van der Waals surface area contributed by atoms with Crippen LogP contribution in [0.4, 0.5) is 4.79 Å². The van der Waals surface area contributed by atoms with Gasteiger partial charge in [-0.1, -0.05) is 6.92 Å². The second-order valence-electron chi connectivity index (χ2n) is 3.10. The Morgan fingerprint density at radius 2 is 2.08 bits per heavy atom. The predicted molar refractivity (Wildman–Crippen MR) is 46.9 cm³/mol. The quantitative estimate of drug-likeness (QED) is 0.708. The Kier molecular flexibility index (Phi) is 2.80. The van der Waals surface area contributed by atoms with E-state index in [1.807, 2.05) is 0 Å². The molecule has 2 N–H and O–H groups in total. The average Bonchev–Trinajstić information content (AvgIpc) is 1.95. The summed E-state index contributed by atoms with van der Waals surface area (Å²) in [5, 5.41) is -0.346. The third-order valence-corrected chi connectivity index (χ3v) is 4.45. The fourth-order valence-corrected chi connectivity index (χ4v) is 2.79. The number of primary amides is 1. The molecule has 0 aromatic carbocycles. The van der Waals surface area contributed by atoms with Crippen LogP contribution in [0.2, 0.25) is 0 Å². The van der Waals surface area contributed by atoms with Gasteiger partial charge in [0, 0.05) is 18.6 Å². The van der Waals surface area contributed by atoms with Crippen molar-refractivity contribution in [1.29, 1.82) is 0 Å². The second-order valence-corrected chi connectivity index (χ2v) is 5.67. The molecule has 1 rings (SSSR count). The fourth-order valence-electron chi connectivity index (χ4n) is 1.31. The minimum Gasteiger partial charge on any atom is -0.446 e. The number of ether oxygens (including phenoxy) is 1. The summed E-state index contributed by atoms with van der Waals surface area (Å²) in [6.45, 7) is 1.61. The van der Waals surface area contributed by atoms with Crippen molar-refractivity contribution in [3.8, 4) is 0 Å². The maximum Gasteiger partial charge on any atom is 0.404 e. The van der Waals surface area contributed by atoms with Crippen LogP contribution in [-0.2, 0) is 14.6 Å². The first-order chi connectivity index (χ1) is 5.95. The Morgan fingerprint density at radius 1 is 1.54 bits per heavy atom. The van der Waals surface area contributed by atoms with E-state index in [1.165, 1.54) is 0 Å². The van der Waals surface area contributed by atoms with E-state index < -0.39 is 15.9 Å². The van der Waals surface area contributed by atoms with Gasteiger partial charge in [0.05, 0.1) is 5.25 Å². The summed E-state index contributed by atoms with van der Waals surface area (Å²) in [5.41, 5.74) is 4.78. The molecule has 0 atom stereocenters. The zero-order valence-corrected chi connectivity index (χ0v) is 8.21. The van der Waals surface area contributed by atoms with Crippen LogP contribution < -0.4 is 5.73 Å². The third-order valence-electron chi connectivity index (χ3n) is 2.24. The molecule has 1 aliphatic carbocycles. The normalized spacial score (nSPS) is 27.8. The number of carbonyl (C=O) groups excluding carboxylic acids is 1. The molecule has 0 radical (unpaired) electrons. The Balaban J connectivity index is 2.38. The molecule has 1 amide bonds. The van der Waals surface area contributed by atoms with Gasteiger partial charge in [-0.05, 0) is 0 Å². The smallest absolute Gasteiger partial charge is 0.404 e. The summed E-state index contributed by atoms with van der Waals surface area (Å²) in [7, 11) is -2.96. The van der Waals surface area contributed by atoms with Crippen LogP contribution in [-0.4, -0.2) is 31.6 Å². The minimum atomic E-state index is -2.96. The standard InChI is InChI=1S/C7H13NO4S/c1-2-13(10,11)6-3-5(4-6)12-7(8)9/h5-6H,2-4H2,1H3,(H2,8,9). The lowest BCUT2D eigenvalue weighted by atomic mass is 9.95. The van der Waals surface area contributed by atoms with Gasteiger partial charge in [-0.3, -0.25) is 0 Å². The molecule has 0 spiro atoms. The molecule has 1 saturated carbocycles. The van der Waals surface area contributed by atoms with Gasteiger partial charge in [-0.2, -0.15) is 0 Å². The summed E-state index contributed by atoms with van der Waals surface area (Å²) in [4.78, 5) is 10.3. The second kappa shape index (κ2) is 3.53. The molecule has 5 nitrogen and oxygen atoms in total. The van der Waals surface area contributed by atoms with Crippen molar-refractivity contribution < 1.29 is 17.9 Å². The van der Waals surface area contributed by atoms with Gasteiger partial charge in [-0.15, -0.1) is 0 Å². The number of amides is 1. The van der Waals surface area contributed by atoms with Crippen molar-refractivity contribution in [2.75, 3.05) is 5.75 Å². The van der Waals surface area contributed by atoms with Crippen molar-refractivity contribution in [1.82, 2.24) is 0 Å². The number of rotatable bonds is 3. The summed E-state index contributed by atoms with van der Waals surface area (Å²) in [6, 6.07) is 0. The summed E-state index contributed by atoms with van der Waals surface area (Å²) in [5.74, 6) is 0.140. The zero-order valence-electron chi connectivity index (χ0n) is 7.39. The summed E-state index contributed by atoms with van der Waals surface area (Å²) < 4.78 is 27.1. The first-order valence-corrected chi connectivity index (χ1v) is 5.85. The molecule has 1 fully saturated rings. The first kappa shape index (κ1) is 10.3. The van der Waals surface area contributed by atoms with Crippen LogP contribution in [0, 0.1) is 0 Å². The topological polar surface area (TPSA) is 86.5 Å². The Hall–Kier alpha value is -0.780. The lowest BCUT2D eigenvalue weighted by Gasteiger charge is -2.33. The first-order valence-electron chi connectivity index (χ1n) is 4.13. The maximum atomic E-state index is 11.2. The lowest BCUT2D eigenvalue weighted by molar-refractivity contribution is 0.0611. The van der Waals surface area contributed by atoms with Gasteiger partial charge in [0.25, 0.3) is 0 Å². The number of sulfone groups is 1. The number of hydrogen-bond donors (Lipinski definition) is 1. The van der Waals surface area contributed by atoms with E-state index in [-0.39, 0.29) is 17.1 Å². The van der Waals surface area contributed by atoms with Crippen LogP contribution >= 0.6 is 0 Å². The van der Waals surface area contributed by atoms with E-state index in [0.717, 1.165) is 0 Å². The molecule has 0 aromatic heterocycles. The number of nitrogens with two attached hydrogens (primary N) is 1. The van der Waals surface area contributed by atoms with Gasteiger partial charge >= 0.3 is 6.09 Å². The molecule has 0 saturated heterocycles. The maximum absolute atomic E-state index is 11.2. The molecular weight excluding hydrogens is 194 g/mol. The van der Waals surface area contributed by atoms with Gasteiger partial charge in [0.1, 0.15) is 6.10 Å². The fraction of sp³-hybridized carbons (Fsp3) is 0.857. The number of hydrogen-bond acceptors (Lipinski definition) is 4. The Labute approximate surface area is 77.2 Å². The van der Waals surface area contributed by atoms with Crippen molar-refractivity contribution in [2.24, 2.45) is 5.73 Å². The molecule has 0 aliphatic heterocycles. The van der Waals surface area contributed by atoms with E-state index >= 15 is 0 Å². The van der Waals surface area contributed by atoms with E-state index in [0.29, 0.717) is 12.8 Å². The molecule has 0 aromatic rings. The zero-order chi connectivity index (χ0) is 10.1. The summed E-state index contributed by atoms with van der Waals surface area (Å²) >= 11 is 0. The van der Waals surface area contributed by atoms with Gasteiger partial charge in [-0.25, -0.2) is 13.2 Å². The Morgan fingerprint density at radius 3 is 2.46 bits per heavy atom. The summed E-state index contributed by atoms with van der Waals surface area (Å²) in [6.07, 6.45) is -0.362. The van der Waals surface area contributed by atoms with Crippen LogP contribution in [0.15, 0.2) is 0 Å².